The van der Waals surface area contributed by atoms with Crippen molar-refractivity contribution < 1.29 is 14.3 Å². The van der Waals surface area contributed by atoms with Crippen molar-refractivity contribution in [2.45, 2.75) is 39.7 Å². The summed E-state index contributed by atoms with van der Waals surface area (Å²) in [6.07, 6.45) is 7.39. The van der Waals surface area contributed by atoms with Gasteiger partial charge in [0.2, 0.25) is 17.7 Å². The maximum Gasteiger partial charge on any atom is 0.237 e. The molecule has 0 radical (unpaired) electrons. The highest BCUT2D eigenvalue weighted by molar-refractivity contribution is 6.00. The molecule has 0 unspecified atom stereocenters. The third kappa shape index (κ3) is 7.02. The zero-order chi connectivity index (χ0) is 34.8. The Bertz CT molecular complexity index is 2010. The number of aromatic amines is 1. The lowest BCUT2D eigenvalue weighted by atomic mass is 9.98. The smallest absolute Gasteiger partial charge is 0.237 e. The van der Waals surface area contributed by atoms with Crippen LogP contribution in [0.25, 0.3) is 39.0 Å². The zero-order valence-electron chi connectivity index (χ0n) is 29.0. The Hall–Kier alpha value is -5.36. The molecule has 0 bridgehead atoms. The average Bonchev–Trinajstić information content (AvgIpc) is 3.89. The van der Waals surface area contributed by atoms with Crippen LogP contribution in [-0.2, 0) is 16.6 Å². The molecule has 0 spiro atoms. The van der Waals surface area contributed by atoms with E-state index in [2.05, 4.69) is 60.7 Å². The molecule has 5 heterocycles. The molecule has 50 heavy (non-hydrogen) atoms. The van der Waals surface area contributed by atoms with E-state index in [1.807, 2.05) is 74.1 Å². The fourth-order valence-corrected chi connectivity index (χ4v) is 6.87. The van der Waals surface area contributed by atoms with Crippen molar-refractivity contribution in [2.75, 3.05) is 44.2 Å². The van der Waals surface area contributed by atoms with Crippen LogP contribution in [0.5, 0.6) is 5.88 Å². The second-order valence-electron chi connectivity index (χ2n) is 13.3. The summed E-state index contributed by atoms with van der Waals surface area (Å²) >= 11 is 0. The number of aryl methyl sites for hydroxylation is 1. The molecule has 5 aromatic rings. The summed E-state index contributed by atoms with van der Waals surface area (Å²) in [4.78, 5) is 37.5. The second kappa shape index (κ2) is 14.2. The molecule has 258 valence electrons. The van der Waals surface area contributed by atoms with E-state index in [1.54, 1.807) is 10.9 Å². The van der Waals surface area contributed by atoms with Gasteiger partial charge < -0.3 is 14.5 Å². The molecular weight excluding hydrogens is 630 g/mol. The van der Waals surface area contributed by atoms with Gasteiger partial charge in [-0.1, -0.05) is 35.6 Å². The first-order chi connectivity index (χ1) is 24.2. The summed E-state index contributed by atoms with van der Waals surface area (Å²) in [5.74, 6) is 0.589. The molecule has 7 rings (SSSR count). The van der Waals surface area contributed by atoms with E-state index < -0.39 is 0 Å². The van der Waals surface area contributed by atoms with Gasteiger partial charge in [0, 0.05) is 67.7 Å². The normalized spacial score (nSPS) is 16.6. The van der Waals surface area contributed by atoms with Crippen LogP contribution in [-0.4, -0.2) is 97.2 Å². The van der Waals surface area contributed by atoms with Gasteiger partial charge in [0.15, 0.2) is 0 Å². The van der Waals surface area contributed by atoms with E-state index in [0.717, 1.165) is 64.1 Å². The van der Waals surface area contributed by atoms with Gasteiger partial charge in [-0.25, -0.2) is 4.98 Å². The van der Waals surface area contributed by atoms with Crippen molar-refractivity contribution in [3.05, 3.63) is 78.6 Å². The highest BCUT2D eigenvalue weighted by atomic mass is 16.5. The van der Waals surface area contributed by atoms with E-state index in [4.69, 9.17) is 4.74 Å². The molecular formula is C38H43N9O3. The summed E-state index contributed by atoms with van der Waals surface area (Å²) < 4.78 is 7.39. The maximum absolute atomic E-state index is 13.9. The van der Waals surface area contributed by atoms with Crippen LogP contribution in [0.15, 0.2) is 73.1 Å². The number of H-pyrrole nitrogens is 1. The molecule has 1 N–H and O–H groups in total. The van der Waals surface area contributed by atoms with Crippen LogP contribution in [0.4, 0.5) is 5.69 Å². The van der Waals surface area contributed by atoms with Crippen molar-refractivity contribution >= 4 is 34.0 Å². The average molecular weight is 674 g/mol. The van der Waals surface area contributed by atoms with Crippen molar-refractivity contribution in [1.29, 1.82) is 0 Å². The van der Waals surface area contributed by atoms with Crippen LogP contribution >= 0.6 is 0 Å². The SMILES string of the molecule is CCN(C(=O)[C@@H]1CCN(CC(=O)N2CC=C(c3ccc(-c4cn(C)nn4)cc3)CC2)C1)c1ccc2[nH]nc(-c3ccc(OC(C)C)nc3)c2c1. The van der Waals surface area contributed by atoms with Gasteiger partial charge in [-0.2, -0.15) is 5.10 Å². The Morgan fingerprint density at radius 2 is 1.84 bits per heavy atom. The zero-order valence-corrected chi connectivity index (χ0v) is 29.0. The number of carbonyl (C=O) groups is 2. The molecule has 1 atom stereocenters. The molecule has 0 saturated carbocycles. The van der Waals surface area contributed by atoms with Crippen LogP contribution in [0.2, 0.25) is 0 Å². The van der Waals surface area contributed by atoms with Crippen molar-refractivity contribution in [2.24, 2.45) is 13.0 Å². The van der Waals surface area contributed by atoms with Gasteiger partial charge in [-0.05, 0) is 75.6 Å². The highest BCUT2D eigenvalue weighted by Gasteiger charge is 2.33. The fraction of sp³-hybridized carbons (Fsp3) is 0.368. The van der Waals surface area contributed by atoms with E-state index >= 15 is 0 Å². The number of carbonyl (C=O) groups excluding carboxylic acids is 2. The first-order valence-electron chi connectivity index (χ1n) is 17.3. The Kier molecular flexibility index (Phi) is 9.44. The number of nitrogens with one attached hydrogen (secondary N) is 1. The number of fused-ring (bicyclic) bond motifs is 1. The van der Waals surface area contributed by atoms with E-state index in [0.29, 0.717) is 38.6 Å². The second-order valence-corrected chi connectivity index (χ2v) is 13.3. The molecule has 12 nitrogen and oxygen atoms in total. The Morgan fingerprint density at radius 3 is 2.52 bits per heavy atom. The minimum absolute atomic E-state index is 0.0421. The lowest BCUT2D eigenvalue weighted by Crippen LogP contribution is -2.42. The maximum atomic E-state index is 13.9. The van der Waals surface area contributed by atoms with Gasteiger partial charge >= 0.3 is 0 Å². The topological polar surface area (TPSA) is 125 Å². The molecule has 2 aliphatic heterocycles. The van der Waals surface area contributed by atoms with Crippen LogP contribution in [0.1, 0.15) is 39.2 Å². The number of likely N-dealkylation sites (tertiary alicyclic amines) is 1. The van der Waals surface area contributed by atoms with Gasteiger partial charge in [0.25, 0.3) is 0 Å². The van der Waals surface area contributed by atoms with Crippen molar-refractivity contribution in [3.63, 3.8) is 0 Å². The van der Waals surface area contributed by atoms with Gasteiger partial charge in [-0.3, -0.25) is 24.3 Å². The fourth-order valence-electron chi connectivity index (χ4n) is 6.87. The minimum atomic E-state index is -0.169. The summed E-state index contributed by atoms with van der Waals surface area (Å²) in [5, 5.41) is 16.8. The standard InChI is InChI=1S/C38H43N9O3/c1-5-47(31-11-12-33-32(20-31)37(42-40-33)29-10-13-35(39-21-29)50-25(2)3)38(49)30-14-17-45(22-30)24-36(48)46-18-15-27(16-19-46)26-6-8-28(9-7-26)34-23-44(4)43-41-34/h6-13,15,20-21,23,25,30H,5,14,16-19,22,24H2,1-4H3,(H,40,42)/t30-/m1/s1. The van der Waals surface area contributed by atoms with Crippen molar-refractivity contribution in [1.82, 2.24) is 40.0 Å². The molecule has 2 aromatic carbocycles. The number of ether oxygens (including phenoxy) is 1. The lowest BCUT2D eigenvalue weighted by Gasteiger charge is -2.29. The molecule has 0 aliphatic carbocycles. The predicted octanol–water partition coefficient (Wildman–Crippen LogP) is 5.20. The van der Waals surface area contributed by atoms with Gasteiger partial charge in [-0.15, -0.1) is 5.10 Å². The number of anilines is 1. The van der Waals surface area contributed by atoms with Crippen molar-refractivity contribution in [3.8, 4) is 28.4 Å². The number of pyridine rings is 1. The summed E-state index contributed by atoms with van der Waals surface area (Å²) in [6.45, 7) is 9.36. The monoisotopic (exact) mass is 673 g/mol. The number of rotatable bonds is 10. The largest absolute Gasteiger partial charge is 0.475 e. The third-order valence-electron chi connectivity index (χ3n) is 9.50. The Labute approximate surface area is 291 Å². The number of hydrogen-bond donors (Lipinski definition) is 1. The first-order valence-corrected chi connectivity index (χ1v) is 17.3. The molecule has 12 heteroatoms. The molecule has 3 aromatic heterocycles. The molecule has 2 amide bonds. The van der Waals surface area contributed by atoms with E-state index in [-0.39, 0.29) is 23.8 Å². The van der Waals surface area contributed by atoms with Gasteiger partial charge in [0.05, 0.1) is 30.3 Å². The van der Waals surface area contributed by atoms with E-state index in [9.17, 15) is 9.59 Å². The Morgan fingerprint density at radius 1 is 1.04 bits per heavy atom. The molecule has 1 saturated heterocycles. The lowest BCUT2D eigenvalue weighted by molar-refractivity contribution is -0.132. The van der Waals surface area contributed by atoms with Crippen LogP contribution in [0.3, 0.4) is 0 Å². The number of hydrogen-bond acceptors (Lipinski definition) is 8. The summed E-state index contributed by atoms with van der Waals surface area (Å²) in [7, 11) is 1.86. The first kappa shape index (κ1) is 33.2. The van der Waals surface area contributed by atoms with Gasteiger partial charge in [0.1, 0.15) is 11.4 Å². The molecule has 2 aliphatic rings. The van der Waals surface area contributed by atoms with Crippen LogP contribution in [0, 0.1) is 5.92 Å². The molecule has 1 fully saturated rings. The predicted molar refractivity (Wildman–Crippen MR) is 193 cm³/mol. The summed E-state index contributed by atoms with van der Waals surface area (Å²) in [6, 6.07) is 18.1. The highest BCUT2D eigenvalue weighted by Crippen LogP contribution is 2.32. The number of aromatic nitrogens is 6. The van der Waals surface area contributed by atoms with Crippen LogP contribution < -0.4 is 9.64 Å². The number of nitrogens with zero attached hydrogens (tertiary/aromatic N) is 8. The number of benzene rings is 2. The quantitative estimate of drug-likeness (QED) is 0.215. The van der Waals surface area contributed by atoms with E-state index in [1.165, 1.54) is 5.57 Å². The minimum Gasteiger partial charge on any atom is -0.475 e. The Balaban J connectivity index is 0.953. The number of amides is 2. The summed E-state index contributed by atoms with van der Waals surface area (Å²) in [5.41, 5.74) is 7.64. The third-order valence-corrected chi connectivity index (χ3v) is 9.50.